The van der Waals surface area contributed by atoms with Gasteiger partial charge in [-0.1, -0.05) is 12.8 Å². The highest BCUT2D eigenvalue weighted by molar-refractivity contribution is 5.83. The average Bonchev–Trinajstić information content (AvgIpc) is 2.95. The number of nitrogens with two attached hydrogens (primary N) is 1. The predicted molar refractivity (Wildman–Crippen MR) is 73.1 cm³/mol. The van der Waals surface area contributed by atoms with Gasteiger partial charge in [-0.25, -0.2) is 4.79 Å². The van der Waals surface area contributed by atoms with Crippen LogP contribution in [0.1, 0.15) is 38.5 Å². The third kappa shape index (κ3) is 3.30. The number of likely N-dealkylation sites (tertiary alicyclic amines) is 1. The molecule has 1 aliphatic carbocycles. The van der Waals surface area contributed by atoms with E-state index in [1.807, 2.05) is 4.90 Å². The molecule has 6 nitrogen and oxygen atoms in total. The molecule has 0 aromatic heterocycles. The average molecular weight is 284 g/mol. The lowest BCUT2D eigenvalue weighted by molar-refractivity contribution is -0.149. The molecule has 0 radical (unpaired) electrons. The van der Waals surface area contributed by atoms with E-state index in [9.17, 15) is 9.59 Å². The summed E-state index contributed by atoms with van der Waals surface area (Å²) in [6, 6.07) is 0. The van der Waals surface area contributed by atoms with Crippen LogP contribution in [-0.4, -0.2) is 54.2 Å². The Labute approximate surface area is 119 Å². The fourth-order valence-electron chi connectivity index (χ4n) is 3.31. The van der Waals surface area contributed by atoms with Crippen molar-refractivity contribution in [2.45, 2.75) is 44.6 Å². The molecular weight excluding hydrogens is 260 g/mol. The maximum Gasteiger partial charge on any atom is 0.329 e. The van der Waals surface area contributed by atoms with Gasteiger partial charge in [0.05, 0.1) is 11.5 Å². The lowest BCUT2D eigenvalue weighted by Gasteiger charge is -2.37. The quantitative estimate of drug-likeness (QED) is 0.771. The van der Waals surface area contributed by atoms with Crippen LogP contribution in [0.4, 0.5) is 0 Å². The highest BCUT2D eigenvalue weighted by atomic mass is 16.5. The van der Waals surface area contributed by atoms with Crippen LogP contribution in [0.15, 0.2) is 0 Å². The van der Waals surface area contributed by atoms with E-state index < -0.39 is 5.97 Å². The normalized spacial score (nSPS) is 22.9. The fourth-order valence-corrected chi connectivity index (χ4v) is 3.31. The van der Waals surface area contributed by atoms with Crippen molar-refractivity contribution >= 4 is 11.9 Å². The van der Waals surface area contributed by atoms with Gasteiger partial charge < -0.3 is 20.5 Å². The number of ether oxygens (including phenoxy) is 1. The van der Waals surface area contributed by atoms with Gasteiger partial charge in [0.2, 0.25) is 5.91 Å². The monoisotopic (exact) mass is 284 g/mol. The predicted octanol–water partition coefficient (Wildman–Crippen LogP) is 0.598. The van der Waals surface area contributed by atoms with E-state index in [1.165, 1.54) is 0 Å². The summed E-state index contributed by atoms with van der Waals surface area (Å²) in [5, 5.41) is 8.59. The number of hydrogen-bond acceptors (Lipinski definition) is 4. The molecule has 0 aromatic rings. The van der Waals surface area contributed by atoms with Gasteiger partial charge >= 0.3 is 5.97 Å². The number of aliphatic carboxylic acids is 1. The van der Waals surface area contributed by atoms with Gasteiger partial charge in [-0.2, -0.15) is 0 Å². The molecule has 0 spiro atoms. The maximum atomic E-state index is 12.6. The molecule has 2 aliphatic rings. The summed E-state index contributed by atoms with van der Waals surface area (Å²) in [5.41, 5.74) is 5.51. The second-order valence-electron chi connectivity index (χ2n) is 5.89. The van der Waals surface area contributed by atoms with Crippen molar-refractivity contribution in [3.8, 4) is 0 Å². The van der Waals surface area contributed by atoms with Crippen molar-refractivity contribution in [3.63, 3.8) is 0 Å². The van der Waals surface area contributed by atoms with Crippen LogP contribution in [-0.2, 0) is 14.3 Å². The molecule has 0 unspecified atom stereocenters. The van der Waals surface area contributed by atoms with Crippen LogP contribution < -0.4 is 5.73 Å². The summed E-state index contributed by atoms with van der Waals surface area (Å²) in [7, 11) is 0. The van der Waals surface area contributed by atoms with Gasteiger partial charge in [0, 0.05) is 19.6 Å². The highest BCUT2D eigenvalue weighted by Gasteiger charge is 2.43. The molecule has 6 heteroatoms. The van der Waals surface area contributed by atoms with Gasteiger partial charge in [0.25, 0.3) is 0 Å². The van der Waals surface area contributed by atoms with Crippen molar-refractivity contribution in [3.05, 3.63) is 0 Å². The summed E-state index contributed by atoms with van der Waals surface area (Å²) in [6.07, 6.45) is 5.34. The van der Waals surface area contributed by atoms with Crippen molar-refractivity contribution in [1.82, 2.24) is 4.90 Å². The lowest BCUT2D eigenvalue weighted by atomic mass is 9.84. The van der Waals surface area contributed by atoms with Crippen LogP contribution >= 0.6 is 0 Å². The molecule has 1 heterocycles. The van der Waals surface area contributed by atoms with Gasteiger partial charge in [0.1, 0.15) is 6.61 Å². The lowest BCUT2D eigenvalue weighted by Crippen LogP contribution is -2.50. The first-order chi connectivity index (χ1) is 9.57. The number of piperidine rings is 1. The molecule has 1 saturated heterocycles. The molecule has 114 valence electrons. The van der Waals surface area contributed by atoms with E-state index in [1.54, 1.807) is 0 Å². The Hall–Kier alpha value is -1.14. The number of carboxylic acids is 1. The standard InChI is InChI=1S/C14H24N2O4/c15-10-14(5-1-2-6-14)13(19)16-7-3-11(4-8-16)20-9-12(17)18/h11H,1-10,15H2,(H,17,18). The zero-order chi connectivity index (χ0) is 14.6. The largest absolute Gasteiger partial charge is 0.480 e. The summed E-state index contributed by atoms with van der Waals surface area (Å²) in [5.74, 6) is -0.759. The third-order valence-corrected chi connectivity index (χ3v) is 4.58. The Morgan fingerprint density at radius 1 is 1.25 bits per heavy atom. The van der Waals surface area contributed by atoms with Gasteiger partial charge in [-0.15, -0.1) is 0 Å². The number of hydrogen-bond donors (Lipinski definition) is 2. The van der Waals surface area contributed by atoms with Crippen molar-refractivity contribution in [1.29, 1.82) is 0 Å². The molecule has 1 aliphatic heterocycles. The van der Waals surface area contributed by atoms with Gasteiger partial charge in [0.15, 0.2) is 0 Å². The van der Waals surface area contributed by atoms with E-state index in [-0.39, 0.29) is 24.0 Å². The summed E-state index contributed by atoms with van der Waals surface area (Å²) in [6.45, 7) is 1.46. The molecular formula is C14H24N2O4. The number of carbonyl (C=O) groups is 2. The van der Waals surface area contributed by atoms with Crippen molar-refractivity contribution in [2.24, 2.45) is 11.1 Å². The first-order valence-corrected chi connectivity index (χ1v) is 7.40. The topological polar surface area (TPSA) is 92.9 Å². The minimum absolute atomic E-state index is 0.0486. The second-order valence-corrected chi connectivity index (χ2v) is 5.89. The first-order valence-electron chi connectivity index (χ1n) is 7.40. The SMILES string of the molecule is NCC1(C(=O)N2CCC(OCC(=O)O)CC2)CCCC1. The van der Waals surface area contributed by atoms with Crippen LogP contribution in [0.5, 0.6) is 0 Å². The minimum atomic E-state index is -0.948. The molecule has 2 fully saturated rings. The van der Waals surface area contributed by atoms with E-state index in [4.69, 9.17) is 15.6 Å². The van der Waals surface area contributed by atoms with E-state index >= 15 is 0 Å². The molecule has 1 saturated carbocycles. The molecule has 0 atom stereocenters. The summed E-state index contributed by atoms with van der Waals surface area (Å²) in [4.78, 5) is 25.0. The zero-order valence-corrected chi connectivity index (χ0v) is 11.8. The van der Waals surface area contributed by atoms with Crippen LogP contribution in [0.25, 0.3) is 0 Å². The van der Waals surface area contributed by atoms with Gasteiger partial charge in [-0.3, -0.25) is 4.79 Å². The van der Waals surface area contributed by atoms with Crippen LogP contribution in [0, 0.1) is 5.41 Å². The number of rotatable bonds is 5. The number of nitrogens with zero attached hydrogens (tertiary/aromatic N) is 1. The molecule has 0 aromatic carbocycles. The smallest absolute Gasteiger partial charge is 0.329 e. The number of amides is 1. The fraction of sp³-hybridized carbons (Fsp3) is 0.857. The number of carboxylic acid groups (broad SMARTS) is 1. The Bertz CT molecular complexity index is 358. The van der Waals surface area contributed by atoms with Gasteiger partial charge in [-0.05, 0) is 25.7 Å². The summed E-state index contributed by atoms with van der Waals surface area (Å²) < 4.78 is 5.29. The molecule has 20 heavy (non-hydrogen) atoms. The number of carbonyl (C=O) groups excluding carboxylic acids is 1. The molecule has 2 rings (SSSR count). The highest BCUT2D eigenvalue weighted by Crippen LogP contribution is 2.39. The third-order valence-electron chi connectivity index (χ3n) is 4.58. The van der Waals surface area contributed by atoms with E-state index in [2.05, 4.69) is 0 Å². The van der Waals surface area contributed by atoms with Crippen LogP contribution in [0.3, 0.4) is 0 Å². The first kappa shape index (κ1) is 15.3. The maximum absolute atomic E-state index is 12.6. The molecule has 0 bridgehead atoms. The summed E-state index contributed by atoms with van der Waals surface area (Å²) >= 11 is 0. The van der Waals surface area contributed by atoms with E-state index in [0.717, 1.165) is 25.7 Å². The Morgan fingerprint density at radius 3 is 2.35 bits per heavy atom. The van der Waals surface area contributed by atoms with Crippen LogP contribution in [0.2, 0.25) is 0 Å². The Morgan fingerprint density at radius 2 is 1.85 bits per heavy atom. The minimum Gasteiger partial charge on any atom is -0.480 e. The molecule has 3 N–H and O–H groups in total. The second kappa shape index (κ2) is 6.54. The van der Waals surface area contributed by atoms with E-state index in [0.29, 0.717) is 32.5 Å². The van der Waals surface area contributed by atoms with Crippen molar-refractivity contribution < 1.29 is 19.4 Å². The zero-order valence-electron chi connectivity index (χ0n) is 11.8. The Kier molecular flexibility index (Phi) is 4.99. The Balaban J connectivity index is 1.84. The van der Waals surface area contributed by atoms with Crippen molar-refractivity contribution in [2.75, 3.05) is 26.2 Å². The molecule has 1 amide bonds.